The van der Waals surface area contributed by atoms with Crippen LogP contribution in [0.1, 0.15) is 32.8 Å². The topological polar surface area (TPSA) is 9.23 Å². The van der Waals surface area contributed by atoms with Crippen molar-refractivity contribution in [1.82, 2.24) is 0 Å². The maximum Gasteiger partial charge on any atom is 0.126 e. The van der Waals surface area contributed by atoms with E-state index in [1.807, 2.05) is 20.8 Å². The van der Waals surface area contributed by atoms with Crippen LogP contribution in [0.2, 0.25) is 0 Å². The second-order valence-corrected chi connectivity index (χ2v) is 2.76. The molecule has 1 rings (SSSR count). The van der Waals surface area contributed by atoms with Crippen LogP contribution in [-0.4, -0.2) is 6.61 Å². The second-order valence-electron chi connectivity index (χ2n) is 2.76. The Morgan fingerprint density at radius 3 is 2.43 bits per heavy atom. The number of halogens is 1. The molecule has 0 aliphatic rings. The van der Waals surface area contributed by atoms with E-state index in [4.69, 9.17) is 4.74 Å². The summed E-state index contributed by atoms with van der Waals surface area (Å²) in [5.41, 5.74) is 0.628. The first-order valence-electron chi connectivity index (χ1n) is 5.13. The van der Waals surface area contributed by atoms with Crippen LogP contribution in [0.4, 0.5) is 4.39 Å². The third-order valence-corrected chi connectivity index (χ3v) is 1.60. The average Bonchev–Trinajstić information content (AvgIpc) is 2.23. The fourth-order valence-corrected chi connectivity index (χ4v) is 0.927. The minimum atomic E-state index is -0.182. The van der Waals surface area contributed by atoms with Crippen LogP contribution < -0.4 is 4.74 Å². The molecule has 1 nitrogen and oxygen atoms in total. The lowest BCUT2D eigenvalue weighted by molar-refractivity contribution is 0.316. The lowest BCUT2D eigenvalue weighted by Crippen LogP contribution is -1.95. The number of aryl methyl sites for hydroxylation is 1. The molecule has 0 heterocycles. The molecule has 0 aromatic heterocycles. The Morgan fingerprint density at radius 1 is 1.29 bits per heavy atom. The van der Waals surface area contributed by atoms with E-state index in [2.05, 4.69) is 0 Å². The van der Waals surface area contributed by atoms with Gasteiger partial charge in [-0.2, -0.15) is 0 Å². The van der Waals surface area contributed by atoms with E-state index in [-0.39, 0.29) is 5.82 Å². The molecule has 0 radical (unpaired) electrons. The van der Waals surface area contributed by atoms with E-state index in [1.54, 1.807) is 19.1 Å². The molecule has 1 aromatic carbocycles. The molecule has 0 spiro atoms. The van der Waals surface area contributed by atoms with Gasteiger partial charge in [0.25, 0.3) is 0 Å². The molecule has 0 saturated carbocycles. The lowest BCUT2D eigenvalue weighted by Gasteiger charge is -2.04. The Kier molecular flexibility index (Phi) is 6.81. The van der Waals surface area contributed by atoms with Gasteiger partial charge >= 0.3 is 0 Å². The highest BCUT2D eigenvalue weighted by Crippen LogP contribution is 2.15. The molecular weight excluding hydrogens is 179 g/mol. The van der Waals surface area contributed by atoms with Gasteiger partial charge in [-0.3, -0.25) is 0 Å². The van der Waals surface area contributed by atoms with Gasteiger partial charge in [0.15, 0.2) is 0 Å². The van der Waals surface area contributed by atoms with Crippen molar-refractivity contribution in [2.24, 2.45) is 0 Å². The van der Waals surface area contributed by atoms with Crippen LogP contribution >= 0.6 is 0 Å². The van der Waals surface area contributed by atoms with E-state index in [0.717, 1.165) is 12.2 Å². The molecule has 0 amide bonds. The molecule has 0 unspecified atom stereocenters. The van der Waals surface area contributed by atoms with Crippen LogP contribution in [0.3, 0.4) is 0 Å². The summed E-state index contributed by atoms with van der Waals surface area (Å²) < 4.78 is 18.1. The zero-order valence-corrected chi connectivity index (χ0v) is 9.43. The van der Waals surface area contributed by atoms with Crippen LogP contribution in [0.5, 0.6) is 5.75 Å². The van der Waals surface area contributed by atoms with Gasteiger partial charge in [-0.25, -0.2) is 4.39 Å². The Labute approximate surface area is 85.9 Å². The number of ether oxygens (including phenoxy) is 1. The van der Waals surface area contributed by atoms with Crippen LogP contribution in [0.25, 0.3) is 0 Å². The third kappa shape index (κ3) is 4.26. The molecular formula is C12H19FO. The number of hydrogen-bond donors (Lipinski definition) is 0. The second kappa shape index (κ2) is 7.36. The van der Waals surface area contributed by atoms with E-state index in [9.17, 15) is 4.39 Å². The van der Waals surface area contributed by atoms with Gasteiger partial charge in [0, 0.05) is 0 Å². The van der Waals surface area contributed by atoms with Crippen molar-refractivity contribution in [3.8, 4) is 5.75 Å². The van der Waals surface area contributed by atoms with Gasteiger partial charge in [-0.1, -0.05) is 20.8 Å². The molecule has 1 aromatic rings. The molecule has 0 fully saturated rings. The van der Waals surface area contributed by atoms with E-state index < -0.39 is 0 Å². The molecule has 0 saturated heterocycles. The Morgan fingerprint density at radius 2 is 1.93 bits per heavy atom. The predicted octanol–water partition coefficient (Wildman–Crippen LogP) is 3.95. The first kappa shape index (κ1) is 12.9. The van der Waals surface area contributed by atoms with Gasteiger partial charge in [0.2, 0.25) is 0 Å². The summed E-state index contributed by atoms with van der Waals surface area (Å²) in [4.78, 5) is 0. The minimum absolute atomic E-state index is 0.182. The van der Waals surface area contributed by atoms with Gasteiger partial charge in [0.05, 0.1) is 6.61 Å². The molecule has 2 heteroatoms. The van der Waals surface area contributed by atoms with Crippen LogP contribution in [0, 0.1) is 12.7 Å². The average molecular weight is 198 g/mol. The SMILES string of the molecule is CC.CCCOc1ccc(F)c(C)c1. The first-order valence-corrected chi connectivity index (χ1v) is 5.13. The van der Waals surface area contributed by atoms with Crippen molar-refractivity contribution in [2.75, 3.05) is 6.61 Å². The Hall–Kier alpha value is -1.05. The smallest absolute Gasteiger partial charge is 0.126 e. The van der Waals surface area contributed by atoms with Crippen molar-refractivity contribution in [3.63, 3.8) is 0 Å². The summed E-state index contributed by atoms with van der Waals surface area (Å²) in [5.74, 6) is 0.564. The maximum absolute atomic E-state index is 12.8. The standard InChI is InChI=1S/C10H13FO.C2H6/c1-3-6-12-9-4-5-10(11)8(2)7-9;1-2/h4-5,7H,3,6H2,1-2H3;1-2H3. The number of hydrogen-bond acceptors (Lipinski definition) is 1. The number of benzene rings is 1. The first-order chi connectivity index (χ1) is 6.74. The highest BCUT2D eigenvalue weighted by Gasteiger charge is 1.98. The fraction of sp³-hybridized carbons (Fsp3) is 0.500. The molecule has 0 bridgehead atoms. The summed E-state index contributed by atoms with van der Waals surface area (Å²) in [7, 11) is 0. The lowest BCUT2D eigenvalue weighted by atomic mass is 10.2. The van der Waals surface area contributed by atoms with Crippen molar-refractivity contribution in [2.45, 2.75) is 34.1 Å². The molecule has 0 atom stereocenters. The van der Waals surface area contributed by atoms with E-state index in [1.165, 1.54) is 6.07 Å². The molecule has 0 aliphatic carbocycles. The molecule has 14 heavy (non-hydrogen) atoms. The zero-order chi connectivity index (χ0) is 11.0. The highest BCUT2D eigenvalue weighted by atomic mass is 19.1. The summed E-state index contributed by atoms with van der Waals surface area (Å²) in [5, 5.41) is 0. The van der Waals surface area contributed by atoms with Crippen LogP contribution in [-0.2, 0) is 0 Å². The van der Waals surface area contributed by atoms with E-state index >= 15 is 0 Å². The van der Waals surface area contributed by atoms with Crippen molar-refractivity contribution in [3.05, 3.63) is 29.6 Å². The van der Waals surface area contributed by atoms with E-state index in [0.29, 0.717) is 12.2 Å². The fourth-order valence-electron chi connectivity index (χ4n) is 0.927. The quantitative estimate of drug-likeness (QED) is 0.714. The molecule has 80 valence electrons. The summed E-state index contributed by atoms with van der Waals surface area (Å²) in [6, 6.07) is 4.79. The molecule has 0 aliphatic heterocycles. The largest absolute Gasteiger partial charge is 0.494 e. The normalized spacial score (nSPS) is 8.93. The predicted molar refractivity (Wildman–Crippen MR) is 58.3 cm³/mol. The summed E-state index contributed by atoms with van der Waals surface area (Å²) in [6.45, 7) is 8.45. The van der Waals surface area contributed by atoms with Crippen LogP contribution in [0.15, 0.2) is 18.2 Å². The Balaban J connectivity index is 0.000000791. The third-order valence-electron chi connectivity index (χ3n) is 1.60. The Bertz CT molecular complexity index is 258. The highest BCUT2D eigenvalue weighted by molar-refractivity contribution is 5.28. The number of rotatable bonds is 3. The monoisotopic (exact) mass is 198 g/mol. The van der Waals surface area contributed by atoms with Crippen molar-refractivity contribution >= 4 is 0 Å². The summed E-state index contributed by atoms with van der Waals surface area (Å²) >= 11 is 0. The zero-order valence-electron chi connectivity index (χ0n) is 9.43. The van der Waals surface area contributed by atoms with Gasteiger partial charge < -0.3 is 4.74 Å². The molecule has 0 N–H and O–H groups in total. The summed E-state index contributed by atoms with van der Waals surface area (Å²) in [6.07, 6.45) is 0.969. The van der Waals surface area contributed by atoms with Crippen molar-refractivity contribution < 1.29 is 9.13 Å². The van der Waals surface area contributed by atoms with Crippen molar-refractivity contribution in [1.29, 1.82) is 0 Å². The van der Waals surface area contributed by atoms with Gasteiger partial charge in [-0.15, -0.1) is 0 Å². The van der Waals surface area contributed by atoms with Gasteiger partial charge in [0.1, 0.15) is 11.6 Å². The minimum Gasteiger partial charge on any atom is -0.494 e. The maximum atomic E-state index is 12.8. The van der Waals surface area contributed by atoms with Gasteiger partial charge in [-0.05, 0) is 37.1 Å².